The minimum atomic E-state index is -3.72. The van der Waals surface area contributed by atoms with E-state index in [9.17, 15) is 8.42 Å². The van der Waals surface area contributed by atoms with Crippen LogP contribution < -0.4 is 9.62 Å². The van der Waals surface area contributed by atoms with Gasteiger partial charge in [-0.2, -0.15) is 0 Å². The van der Waals surface area contributed by atoms with Crippen molar-refractivity contribution in [3.63, 3.8) is 0 Å². The molecule has 0 saturated carbocycles. The van der Waals surface area contributed by atoms with Gasteiger partial charge in [0.2, 0.25) is 0 Å². The zero-order valence-electron chi connectivity index (χ0n) is 15.5. The van der Waals surface area contributed by atoms with Gasteiger partial charge in [0, 0.05) is 49.6 Å². The summed E-state index contributed by atoms with van der Waals surface area (Å²) in [5.74, 6) is 0. The Bertz CT molecular complexity index is 897. The number of ether oxygens (including phenoxy) is 1. The van der Waals surface area contributed by atoms with Gasteiger partial charge in [-0.3, -0.25) is 4.72 Å². The fourth-order valence-electron chi connectivity index (χ4n) is 3.10. The highest BCUT2D eigenvalue weighted by molar-refractivity contribution is 7.92. The highest BCUT2D eigenvalue weighted by Gasteiger charge is 2.21. The summed E-state index contributed by atoms with van der Waals surface area (Å²) in [6.45, 7) is 3.99. The third kappa shape index (κ3) is 4.93. The molecule has 1 N–H and O–H groups in total. The van der Waals surface area contributed by atoms with Crippen LogP contribution in [0.1, 0.15) is 5.56 Å². The molecule has 0 amide bonds. The molecule has 0 atom stereocenters. The van der Waals surface area contributed by atoms with Crippen molar-refractivity contribution in [2.24, 2.45) is 0 Å². The highest BCUT2D eigenvalue weighted by atomic mass is 35.5. The summed E-state index contributed by atoms with van der Waals surface area (Å²) in [5.41, 5.74) is 2.31. The van der Waals surface area contributed by atoms with Crippen LogP contribution in [0.2, 0.25) is 5.02 Å². The van der Waals surface area contributed by atoms with Gasteiger partial charge in [-0.15, -0.1) is 0 Å². The van der Waals surface area contributed by atoms with Crippen molar-refractivity contribution in [3.8, 4) is 0 Å². The van der Waals surface area contributed by atoms with E-state index in [-0.39, 0.29) is 4.90 Å². The predicted octanol–water partition coefficient (Wildman–Crippen LogP) is 3.04. The lowest BCUT2D eigenvalue weighted by Gasteiger charge is -2.35. The summed E-state index contributed by atoms with van der Waals surface area (Å²) in [4.78, 5) is 4.69. The largest absolute Gasteiger partial charge is 0.380 e. The van der Waals surface area contributed by atoms with Gasteiger partial charge in [0.25, 0.3) is 10.0 Å². The second-order valence-corrected chi connectivity index (χ2v) is 8.75. The molecule has 3 rings (SSSR count). The number of nitrogens with zero attached hydrogens (tertiary/aromatic N) is 2. The summed E-state index contributed by atoms with van der Waals surface area (Å²) in [5, 5.41) is 0.476. The van der Waals surface area contributed by atoms with E-state index in [1.54, 1.807) is 43.5 Å². The molecule has 0 spiro atoms. The maximum Gasteiger partial charge on any atom is 0.261 e. The number of likely N-dealkylation sites (N-methyl/N-ethyl adjacent to an activating group) is 1. The predicted molar refractivity (Wildman–Crippen MR) is 109 cm³/mol. The topological polar surface area (TPSA) is 61.9 Å². The molecule has 1 aliphatic rings. The Kier molecular flexibility index (Phi) is 6.26. The van der Waals surface area contributed by atoms with Gasteiger partial charge in [0.1, 0.15) is 0 Å². The molecule has 6 nitrogen and oxygen atoms in total. The summed E-state index contributed by atoms with van der Waals surface area (Å²) in [6.07, 6.45) is 0. The molecule has 0 unspecified atom stereocenters. The molecule has 1 fully saturated rings. The molecule has 1 aliphatic heterocycles. The third-order valence-electron chi connectivity index (χ3n) is 4.59. The van der Waals surface area contributed by atoms with Crippen LogP contribution in [0.15, 0.2) is 47.4 Å². The van der Waals surface area contributed by atoms with Gasteiger partial charge in [-0.25, -0.2) is 8.42 Å². The minimum Gasteiger partial charge on any atom is -0.380 e. The smallest absolute Gasteiger partial charge is 0.261 e. The van der Waals surface area contributed by atoms with Crippen molar-refractivity contribution in [1.82, 2.24) is 4.90 Å². The number of anilines is 2. The molecule has 27 heavy (non-hydrogen) atoms. The van der Waals surface area contributed by atoms with Gasteiger partial charge in [-0.05, 0) is 37.4 Å². The molecular formula is C19H24ClN3O3S. The number of benzene rings is 2. The summed E-state index contributed by atoms with van der Waals surface area (Å²) >= 11 is 5.95. The van der Waals surface area contributed by atoms with E-state index in [0.29, 0.717) is 17.3 Å². The molecule has 1 heterocycles. The Morgan fingerprint density at radius 3 is 2.52 bits per heavy atom. The van der Waals surface area contributed by atoms with Crippen molar-refractivity contribution in [1.29, 1.82) is 0 Å². The second-order valence-electron chi connectivity index (χ2n) is 6.63. The van der Waals surface area contributed by atoms with E-state index in [1.165, 1.54) is 0 Å². The average molecular weight is 410 g/mol. The molecule has 146 valence electrons. The number of hydrogen-bond donors (Lipinski definition) is 1. The number of sulfonamides is 1. The van der Waals surface area contributed by atoms with Crippen LogP contribution in [-0.2, 0) is 21.4 Å². The normalized spacial score (nSPS) is 15.7. The standard InChI is InChI=1S/C19H24ClN3O3S/c1-22-8-10-23(11-9-22)19-13-18(7-6-15(19)14-26-2)27(24,25)21-17-5-3-4-16(20)12-17/h3-7,12-13,21H,8-11,14H2,1-2H3. The van der Waals surface area contributed by atoms with Crippen LogP contribution in [0.25, 0.3) is 0 Å². The first-order chi connectivity index (χ1) is 12.9. The van der Waals surface area contributed by atoms with Gasteiger partial charge >= 0.3 is 0 Å². The molecular weight excluding hydrogens is 386 g/mol. The fraction of sp³-hybridized carbons (Fsp3) is 0.368. The number of halogens is 1. The second kappa shape index (κ2) is 8.48. The van der Waals surface area contributed by atoms with Crippen molar-refractivity contribution in [3.05, 3.63) is 53.1 Å². The SMILES string of the molecule is COCc1ccc(S(=O)(=O)Nc2cccc(Cl)c2)cc1N1CCN(C)CC1. The zero-order valence-corrected chi connectivity index (χ0v) is 17.1. The van der Waals surface area contributed by atoms with E-state index in [2.05, 4.69) is 21.6 Å². The molecule has 0 aliphatic carbocycles. The maximum atomic E-state index is 12.9. The molecule has 0 bridgehead atoms. The van der Waals surface area contributed by atoms with E-state index in [1.807, 2.05) is 6.07 Å². The molecule has 2 aromatic rings. The Balaban J connectivity index is 1.92. The first kappa shape index (κ1) is 19.9. The van der Waals surface area contributed by atoms with Crippen LogP contribution in [0.5, 0.6) is 0 Å². The van der Waals surface area contributed by atoms with Crippen molar-refractivity contribution in [2.75, 3.05) is 50.0 Å². The number of piperazine rings is 1. The molecule has 0 aromatic heterocycles. The number of nitrogens with one attached hydrogen (secondary N) is 1. The summed E-state index contributed by atoms with van der Waals surface area (Å²) in [6, 6.07) is 11.8. The van der Waals surface area contributed by atoms with E-state index < -0.39 is 10.0 Å². The summed E-state index contributed by atoms with van der Waals surface area (Å²) < 4.78 is 33.6. The highest BCUT2D eigenvalue weighted by Crippen LogP contribution is 2.28. The van der Waals surface area contributed by atoms with E-state index in [0.717, 1.165) is 37.4 Å². The Morgan fingerprint density at radius 1 is 1.11 bits per heavy atom. The molecule has 1 saturated heterocycles. The number of rotatable bonds is 6. The van der Waals surface area contributed by atoms with Gasteiger partial charge in [0.05, 0.1) is 17.2 Å². The first-order valence-electron chi connectivity index (χ1n) is 8.73. The van der Waals surface area contributed by atoms with Crippen LogP contribution in [0, 0.1) is 0 Å². The van der Waals surface area contributed by atoms with Gasteiger partial charge < -0.3 is 14.5 Å². The Hall–Kier alpha value is -1.80. The van der Waals surface area contributed by atoms with Crippen LogP contribution in [0.3, 0.4) is 0 Å². The van der Waals surface area contributed by atoms with Crippen LogP contribution in [-0.4, -0.2) is 53.7 Å². The quantitative estimate of drug-likeness (QED) is 0.794. The van der Waals surface area contributed by atoms with Crippen molar-refractivity contribution < 1.29 is 13.2 Å². The zero-order chi connectivity index (χ0) is 19.4. The van der Waals surface area contributed by atoms with Gasteiger partial charge in [-0.1, -0.05) is 23.7 Å². The Labute approximate surface area is 165 Å². The van der Waals surface area contributed by atoms with Gasteiger partial charge in [0.15, 0.2) is 0 Å². The maximum absolute atomic E-state index is 12.9. The lowest BCUT2D eigenvalue weighted by atomic mass is 10.1. The fourth-order valence-corrected chi connectivity index (χ4v) is 4.36. The third-order valence-corrected chi connectivity index (χ3v) is 6.20. The molecule has 8 heteroatoms. The van der Waals surface area contributed by atoms with Crippen molar-refractivity contribution in [2.45, 2.75) is 11.5 Å². The Morgan fingerprint density at radius 2 is 1.85 bits per heavy atom. The monoisotopic (exact) mass is 409 g/mol. The lowest BCUT2D eigenvalue weighted by Crippen LogP contribution is -2.44. The first-order valence-corrected chi connectivity index (χ1v) is 10.6. The van der Waals surface area contributed by atoms with Crippen molar-refractivity contribution >= 4 is 33.0 Å². The molecule has 2 aromatic carbocycles. The minimum absolute atomic E-state index is 0.219. The van der Waals surface area contributed by atoms with E-state index >= 15 is 0 Å². The number of hydrogen-bond acceptors (Lipinski definition) is 5. The number of methoxy groups -OCH3 is 1. The van der Waals surface area contributed by atoms with Crippen LogP contribution in [0.4, 0.5) is 11.4 Å². The average Bonchev–Trinajstić information content (AvgIpc) is 2.62. The molecule has 0 radical (unpaired) electrons. The van der Waals surface area contributed by atoms with E-state index in [4.69, 9.17) is 16.3 Å². The van der Waals surface area contributed by atoms with Crippen LogP contribution >= 0.6 is 11.6 Å². The summed E-state index contributed by atoms with van der Waals surface area (Å²) in [7, 11) is 0.00425. The lowest BCUT2D eigenvalue weighted by molar-refractivity contribution is 0.185.